The van der Waals surface area contributed by atoms with E-state index in [-0.39, 0.29) is 18.1 Å². The van der Waals surface area contributed by atoms with Crippen molar-refractivity contribution in [1.29, 1.82) is 0 Å². The largest absolute Gasteiger partial charge is 0.492 e. The lowest BCUT2D eigenvalue weighted by atomic mass is 10.1. The number of carbonyl (C=O) groups is 1. The number of amides is 1. The highest BCUT2D eigenvalue weighted by Gasteiger charge is 2.30. The maximum Gasteiger partial charge on any atom is 0.416 e. The molecule has 0 aliphatic rings. The summed E-state index contributed by atoms with van der Waals surface area (Å²) < 4.78 is 43.0. The predicted molar refractivity (Wildman–Crippen MR) is 85.4 cm³/mol. The predicted octanol–water partition coefficient (Wildman–Crippen LogP) is 4.51. The Kier molecular flexibility index (Phi) is 5.72. The molecule has 0 saturated carbocycles. The summed E-state index contributed by atoms with van der Waals surface area (Å²) in [6.45, 7) is 0.549. The van der Waals surface area contributed by atoms with Gasteiger partial charge in [0.15, 0.2) is 0 Å². The molecule has 0 fully saturated rings. The van der Waals surface area contributed by atoms with E-state index in [9.17, 15) is 18.0 Å². The van der Waals surface area contributed by atoms with E-state index in [1.807, 2.05) is 0 Å². The molecular formula is C17H15ClF3NO2. The molecule has 2 aromatic rings. The minimum atomic E-state index is -4.42. The monoisotopic (exact) mass is 357 g/mol. The Balaban J connectivity index is 1.88. The van der Waals surface area contributed by atoms with Crippen molar-refractivity contribution in [3.05, 3.63) is 64.7 Å². The molecule has 24 heavy (non-hydrogen) atoms. The first-order valence-corrected chi connectivity index (χ1v) is 7.46. The third kappa shape index (κ3) is 4.89. The Labute approximate surface area is 142 Å². The van der Waals surface area contributed by atoms with Crippen molar-refractivity contribution >= 4 is 17.5 Å². The molecule has 0 saturated heterocycles. The first kappa shape index (κ1) is 18.1. The van der Waals surface area contributed by atoms with Crippen LogP contribution in [-0.4, -0.2) is 31.0 Å². The Morgan fingerprint density at radius 3 is 2.21 bits per heavy atom. The lowest BCUT2D eigenvalue weighted by molar-refractivity contribution is -0.137. The molecule has 0 N–H and O–H groups in total. The lowest BCUT2D eigenvalue weighted by Crippen LogP contribution is -2.30. The Morgan fingerprint density at radius 2 is 1.67 bits per heavy atom. The van der Waals surface area contributed by atoms with Gasteiger partial charge < -0.3 is 9.64 Å². The van der Waals surface area contributed by atoms with E-state index in [4.69, 9.17) is 16.3 Å². The van der Waals surface area contributed by atoms with Crippen LogP contribution in [0.5, 0.6) is 5.75 Å². The quantitative estimate of drug-likeness (QED) is 0.788. The first-order valence-electron chi connectivity index (χ1n) is 7.08. The molecule has 128 valence electrons. The van der Waals surface area contributed by atoms with Crippen molar-refractivity contribution < 1.29 is 22.7 Å². The molecule has 3 nitrogen and oxygen atoms in total. The van der Waals surface area contributed by atoms with Gasteiger partial charge >= 0.3 is 6.18 Å². The van der Waals surface area contributed by atoms with Crippen LogP contribution in [0.25, 0.3) is 0 Å². The van der Waals surface area contributed by atoms with Gasteiger partial charge in [0.2, 0.25) is 0 Å². The molecule has 7 heteroatoms. The van der Waals surface area contributed by atoms with Crippen LogP contribution < -0.4 is 4.74 Å². The van der Waals surface area contributed by atoms with Crippen molar-refractivity contribution in [2.75, 3.05) is 20.2 Å². The highest BCUT2D eigenvalue weighted by Crippen LogP contribution is 2.29. The topological polar surface area (TPSA) is 29.5 Å². The zero-order valence-electron chi connectivity index (χ0n) is 12.8. The number of hydrogen-bond acceptors (Lipinski definition) is 2. The zero-order chi connectivity index (χ0) is 17.7. The number of nitrogens with zero attached hydrogens (tertiary/aromatic N) is 1. The van der Waals surface area contributed by atoms with Gasteiger partial charge in [-0.15, -0.1) is 0 Å². The van der Waals surface area contributed by atoms with E-state index in [0.29, 0.717) is 17.3 Å². The smallest absolute Gasteiger partial charge is 0.416 e. The second kappa shape index (κ2) is 7.57. The van der Waals surface area contributed by atoms with Gasteiger partial charge in [-0.05, 0) is 48.5 Å². The maximum absolute atomic E-state index is 12.5. The van der Waals surface area contributed by atoms with E-state index in [1.54, 1.807) is 31.3 Å². The number of benzene rings is 2. The van der Waals surface area contributed by atoms with Crippen molar-refractivity contribution in [3.63, 3.8) is 0 Å². The average molecular weight is 358 g/mol. The molecule has 0 heterocycles. The summed E-state index contributed by atoms with van der Waals surface area (Å²) in [6, 6.07) is 10.9. The van der Waals surface area contributed by atoms with Crippen LogP contribution in [0, 0.1) is 0 Å². The Bertz CT molecular complexity index is 684. The highest BCUT2D eigenvalue weighted by molar-refractivity contribution is 6.30. The standard InChI is InChI=1S/C17H15ClF3NO2/c1-22(10-11-24-15-8-6-14(18)7-9-15)16(23)12-2-4-13(5-3-12)17(19,20)21/h2-9H,10-11H2,1H3. The summed E-state index contributed by atoms with van der Waals surface area (Å²) in [5.74, 6) is 0.248. The fraction of sp³-hybridized carbons (Fsp3) is 0.235. The Morgan fingerprint density at radius 1 is 1.08 bits per heavy atom. The minimum absolute atomic E-state index is 0.192. The summed E-state index contributed by atoms with van der Waals surface area (Å²) in [4.78, 5) is 13.6. The van der Waals surface area contributed by atoms with Crippen LogP contribution in [0.1, 0.15) is 15.9 Å². The second-order valence-corrected chi connectivity index (χ2v) is 5.54. The Hall–Kier alpha value is -2.21. The molecule has 0 aliphatic carbocycles. The van der Waals surface area contributed by atoms with Crippen LogP contribution in [-0.2, 0) is 6.18 Å². The molecule has 2 rings (SSSR count). The van der Waals surface area contributed by atoms with Gasteiger partial charge in [0.05, 0.1) is 12.1 Å². The molecule has 0 atom stereocenters. The summed E-state index contributed by atoms with van der Waals surface area (Å²) in [5.41, 5.74) is -0.593. The number of hydrogen-bond donors (Lipinski definition) is 0. The number of rotatable bonds is 5. The van der Waals surface area contributed by atoms with Crippen LogP contribution in [0.2, 0.25) is 5.02 Å². The molecule has 0 radical (unpaired) electrons. The summed E-state index contributed by atoms with van der Waals surface area (Å²) in [7, 11) is 1.56. The fourth-order valence-electron chi connectivity index (χ4n) is 1.95. The van der Waals surface area contributed by atoms with Crippen LogP contribution >= 0.6 is 11.6 Å². The summed E-state index contributed by atoms with van der Waals surface area (Å²) in [5, 5.41) is 0.594. The number of halogens is 4. The zero-order valence-corrected chi connectivity index (χ0v) is 13.6. The minimum Gasteiger partial charge on any atom is -0.492 e. The van der Waals surface area contributed by atoms with Gasteiger partial charge in [-0.25, -0.2) is 0 Å². The van der Waals surface area contributed by atoms with E-state index in [1.165, 1.54) is 17.0 Å². The molecule has 0 aliphatic heterocycles. The van der Waals surface area contributed by atoms with E-state index in [2.05, 4.69) is 0 Å². The van der Waals surface area contributed by atoms with Gasteiger partial charge in [0, 0.05) is 17.6 Å². The number of alkyl halides is 3. The third-order valence-electron chi connectivity index (χ3n) is 3.31. The normalized spacial score (nSPS) is 11.2. The van der Waals surface area contributed by atoms with Crippen LogP contribution in [0.4, 0.5) is 13.2 Å². The molecular weight excluding hydrogens is 343 g/mol. The van der Waals surface area contributed by atoms with Crippen molar-refractivity contribution in [2.45, 2.75) is 6.18 Å². The summed E-state index contributed by atoms with van der Waals surface area (Å²) >= 11 is 5.77. The fourth-order valence-corrected chi connectivity index (χ4v) is 2.08. The molecule has 0 aromatic heterocycles. The molecule has 0 unspecified atom stereocenters. The van der Waals surface area contributed by atoms with E-state index >= 15 is 0 Å². The molecule has 0 spiro atoms. The average Bonchev–Trinajstić information content (AvgIpc) is 2.55. The van der Waals surface area contributed by atoms with Crippen LogP contribution in [0.3, 0.4) is 0 Å². The molecule has 2 aromatic carbocycles. The van der Waals surface area contributed by atoms with Gasteiger partial charge in [-0.2, -0.15) is 13.2 Å². The number of likely N-dealkylation sites (N-methyl/N-ethyl adjacent to an activating group) is 1. The van der Waals surface area contributed by atoms with Crippen LogP contribution in [0.15, 0.2) is 48.5 Å². The maximum atomic E-state index is 12.5. The third-order valence-corrected chi connectivity index (χ3v) is 3.57. The van der Waals surface area contributed by atoms with Crippen molar-refractivity contribution in [1.82, 2.24) is 4.90 Å². The van der Waals surface area contributed by atoms with Crippen molar-refractivity contribution in [2.24, 2.45) is 0 Å². The van der Waals surface area contributed by atoms with Gasteiger partial charge in [0.25, 0.3) is 5.91 Å². The lowest BCUT2D eigenvalue weighted by Gasteiger charge is -2.18. The number of carbonyl (C=O) groups excluding carboxylic acids is 1. The SMILES string of the molecule is CN(CCOc1ccc(Cl)cc1)C(=O)c1ccc(C(F)(F)F)cc1. The number of ether oxygens (including phenoxy) is 1. The van der Waals surface area contributed by atoms with Gasteiger partial charge in [-0.1, -0.05) is 11.6 Å². The highest BCUT2D eigenvalue weighted by atomic mass is 35.5. The van der Waals surface area contributed by atoms with Crippen molar-refractivity contribution in [3.8, 4) is 5.75 Å². The summed E-state index contributed by atoms with van der Waals surface area (Å²) in [6.07, 6.45) is -4.42. The van der Waals surface area contributed by atoms with E-state index < -0.39 is 11.7 Å². The second-order valence-electron chi connectivity index (χ2n) is 5.10. The van der Waals surface area contributed by atoms with Gasteiger partial charge in [-0.3, -0.25) is 4.79 Å². The molecule has 0 bridgehead atoms. The van der Waals surface area contributed by atoms with E-state index in [0.717, 1.165) is 12.1 Å². The van der Waals surface area contributed by atoms with Gasteiger partial charge in [0.1, 0.15) is 12.4 Å². The molecule has 1 amide bonds. The first-order chi connectivity index (χ1) is 11.3.